The number of ether oxygens (including phenoxy) is 1. The van der Waals surface area contributed by atoms with Gasteiger partial charge in [-0.15, -0.1) is 0 Å². The Hall–Kier alpha value is -2.04. The Kier molecular flexibility index (Phi) is 4.83. The largest absolute Gasteiger partial charge is 0.497 e. The molecule has 5 nitrogen and oxygen atoms in total. The van der Waals surface area contributed by atoms with E-state index in [4.69, 9.17) is 9.84 Å². The lowest BCUT2D eigenvalue weighted by atomic mass is 9.97. The highest BCUT2D eigenvalue weighted by molar-refractivity contribution is 5.82. The fourth-order valence-electron chi connectivity index (χ4n) is 2.40. The molecule has 21 heavy (non-hydrogen) atoms. The van der Waals surface area contributed by atoms with Crippen LogP contribution in [0.3, 0.4) is 0 Å². The Balaban J connectivity index is 2.01. The third-order valence-corrected chi connectivity index (χ3v) is 3.76. The van der Waals surface area contributed by atoms with Crippen LogP contribution in [0.1, 0.15) is 37.7 Å². The summed E-state index contributed by atoms with van der Waals surface area (Å²) in [5.74, 6) is -0.251. The van der Waals surface area contributed by atoms with E-state index in [1.54, 1.807) is 7.11 Å². The third kappa shape index (κ3) is 4.21. The summed E-state index contributed by atoms with van der Waals surface area (Å²) in [4.78, 5) is 24.7. The van der Waals surface area contributed by atoms with Crippen molar-refractivity contribution in [3.63, 3.8) is 0 Å². The number of hydrogen-bond acceptors (Lipinski definition) is 3. The summed E-state index contributed by atoms with van der Waals surface area (Å²) in [6, 6.07) is 7.74. The predicted molar refractivity (Wildman–Crippen MR) is 78.4 cm³/mol. The van der Waals surface area contributed by atoms with Gasteiger partial charge >= 0.3 is 5.97 Å². The van der Waals surface area contributed by atoms with Gasteiger partial charge in [-0.3, -0.25) is 9.59 Å². The number of amides is 1. The monoisotopic (exact) mass is 291 g/mol. The average Bonchev–Trinajstić information content (AvgIpc) is 3.29. The third-order valence-electron chi connectivity index (χ3n) is 3.76. The summed E-state index contributed by atoms with van der Waals surface area (Å²) in [5, 5.41) is 8.92. The summed E-state index contributed by atoms with van der Waals surface area (Å²) < 4.78 is 5.19. The Morgan fingerprint density at radius 2 is 2.14 bits per heavy atom. The molecule has 5 heteroatoms. The summed E-state index contributed by atoms with van der Waals surface area (Å²) in [5.41, 5.74) is 1.02. The lowest BCUT2D eigenvalue weighted by Crippen LogP contribution is -2.37. The molecule has 0 heterocycles. The molecule has 114 valence electrons. The van der Waals surface area contributed by atoms with Crippen LogP contribution in [0.15, 0.2) is 24.3 Å². The van der Waals surface area contributed by atoms with E-state index in [0.717, 1.165) is 24.2 Å². The van der Waals surface area contributed by atoms with Gasteiger partial charge in [0, 0.05) is 12.5 Å². The van der Waals surface area contributed by atoms with Gasteiger partial charge < -0.3 is 14.7 Å². The van der Waals surface area contributed by atoms with Crippen LogP contribution in [0.2, 0.25) is 0 Å². The minimum atomic E-state index is -0.954. The van der Waals surface area contributed by atoms with E-state index in [1.807, 2.05) is 31.2 Å². The lowest BCUT2D eigenvalue weighted by molar-refractivity contribution is -0.145. The molecule has 1 N–H and O–H groups in total. The first-order valence-corrected chi connectivity index (χ1v) is 7.16. The molecule has 1 aliphatic carbocycles. The second-order valence-corrected chi connectivity index (χ2v) is 5.53. The summed E-state index contributed by atoms with van der Waals surface area (Å²) in [7, 11) is 1.61. The molecule has 1 unspecified atom stereocenters. The second kappa shape index (κ2) is 6.61. The maximum Gasteiger partial charge on any atom is 0.323 e. The Morgan fingerprint density at radius 3 is 2.71 bits per heavy atom. The van der Waals surface area contributed by atoms with Gasteiger partial charge in [-0.25, -0.2) is 0 Å². The quantitative estimate of drug-likeness (QED) is 0.837. The topological polar surface area (TPSA) is 66.8 Å². The minimum Gasteiger partial charge on any atom is -0.497 e. The van der Waals surface area contributed by atoms with E-state index >= 15 is 0 Å². The van der Waals surface area contributed by atoms with Crippen molar-refractivity contribution in [1.29, 1.82) is 0 Å². The Morgan fingerprint density at radius 1 is 1.43 bits per heavy atom. The first kappa shape index (κ1) is 15.4. The van der Waals surface area contributed by atoms with Crippen LogP contribution in [0.25, 0.3) is 0 Å². The van der Waals surface area contributed by atoms with Crippen LogP contribution in [0, 0.1) is 0 Å². The molecule has 0 radical (unpaired) electrons. The van der Waals surface area contributed by atoms with E-state index in [2.05, 4.69) is 0 Å². The van der Waals surface area contributed by atoms with Gasteiger partial charge in [0.05, 0.1) is 7.11 Å². The zero-order chi connectivity index (χ0) is 15.4. The highest BCUT2D eigenvalue weighted by Gasteiger charge is 2.34. The van der Waals surface area contributed by atoms with E-state index in [9.17, 15) is 9.59 Å². The number of carboxylic acid groups (broad SMARTS) is 1. The molecule has 1 aromatic carbocycles. The van der Waals surface area contributed by atoms with Crippen molar-refractivity contribution in [2.45, 2.75) is 38.1 Å². The number of nitrogens with zero attached hydrogens (tertiary/aromatic N) is 1. The minimum absolute atomic E-state index is 0.0302. The molecule has 1 atom stereocenters. The normalized spacial score (nSPS) is 15.3. The van der Waals surface area contributed by atoms with E-state index in [1.165, 1.54) is 4.90 Å². The zero-order valence-corrected chi connectivity index (χ0v) is 12.4. The van der Waals surface area contributed by atoms with Gasteiger partial charge in [-0.05, 0) is 36.5 Å². The van der Waals surface area contributed by atoms with Crippen LogP contribution in [-0.4, -0.2) is 41.6 Å². The van der Waals surface area contributed by atoms with Crippen LogP contribution >= 0.6 is 0 Å². The van der Waals surface area contributed by atoms with Crippen molar-refractivity contribution in [1.82, 2.24) is 4.90 Å². The molecule has 1 amide bonds. The van der Waals surface area contributed by atoms with Crippen molar-refractivity contribution >= 4 is 11.9 Å². The van der Waals surface area contributed by atoms with Crippen molar-refractivity contribution in [2.75, 3.05) is 13.7 Å². The summed E-state index contributed by atoms with van der Waals surface area (Å²) in [6.07, 6.45) is 2.13. The van der Waals surface area contributed by atoms with Gasteiger partial charge in [-0.2, -0.15) is 0 Å². The van der Waals surface area contributed by atoms with Crippen LogP contribution in [-0.2, 0) is 9.59 Å². The average molecular weight is 291 g/mol. The van der Waals surface area contributed by atoms with E-state index in [0.29, 0.717) is 6.42 Å². The lowest BCUT2D eigenvalue weighted by Gasteiger charge is -2.22. The standard InChI is InChI=1S/C16H21NO4/c1-11(12-4-3-5-14(9-12)21-2)8-15(18)17(10-16(19)20)13-6-7-13/h3-5,9,11,13H,6-8,10H2,1-2H3,(H,19,20). The number of rotatable bonds is 7. The molecule has 1 saturated carbocycles. The maximum atomic E-state index is 12.3. The molecule has 0 aromatic heterocycles. The smallest absolute Gasteiger partial charge is 0.323 e. The molecule has 1 aliphatic rings. The number of benzene rings is 1. The van der Waals surface area contributed by atoms with Gasteiger partial charge in [0.1, 0.15) is 12.3 Å². The van der Waals surface area contributed by atoms with E-state index in [-0.39, 0.29) is 24.4 Å². The van der Waals surface area contributed by atoms with Crippen LogP contribution in [0.5, 0.6) is 5.75 Å². The second-order valence-electron chi connectivity index (χ2n) is 5.53. The molecule has 1 fully saturated rings. The van der Waals surface area contributed by atoms with Gasteiger partial charge in [0.2, 0.25) is 5.91 Å². The molecule has 0 saturated heterocycles. The number of methoxy groups -OCH3 is 1. The van der Waals surface area contributed by atoms with Crippen LogP contribution in [0.4, 0.5) is 0 Å². The maximum absolute atomic E-state index is 12.3. The first-order valence-electron chi connectivity index (χ1n) is 7.16. The molecular weight excluding hydrogens is 270 g/mol. The van der Waals surface area contributed by atoms with Crippen LogP contribution < -0.4 is 4.74 Å². The number of carbonyl (C=O) groups excluding carboxylic acids is 1. The highest BCUT2D eigenvalue weighted by Crippen LogP contribution is 2.29. The molecule has 1 aromatic rings. The first-order chi connectivity index (χ1) is 10.0. The number of carboxylic acids is 1. The Labute approximate surface area is 124 Å². The van der Waals surface area contributed by atoms with Gasteiger partial charge in [0.25, 0.3) is 0 Å². The Bertz CT molecular complexity index is 525. The van der Waals surface area contributed by atoms with Crippen molar-refractivity contribution in [2.24, 2.45) is 0 Å². The fourth-order valence-corrected chi connectivity index (χ4v) is 2.40. The predicted octanol–water partition coefficient (Wildman–Crippen LogP) is 2.26. The zero-order valence-electron chi connectivity index (χ0n) is 12.4. The molecule has 0 bridgehead atoms. The highest BCUT2D eigenvalue weighted by atomic mass is 16.5. The summed E-state index contributed by atoms with van der Waals surface area (Å²) >= 11 is 0. The van der Waals surface area contributed by atoms with Gasteiger partial charge in [0.15, 0.2) is 0 Å². The molecule has 0 spiro atoms. The summed E-state index contributed by atoms with van der Waals surface area (Å²) in [6.45, 7) is 1.77. The van der Waals surface area contributed by atoms with Crippen molar-refractivity contribution in [3.8, 4) is 5.75 Å². The van der Waals surface area contributed by atoms with Crippen molar-refractivity contribution < 1.29 is 19.4 Å². The van der Waals surface area contributed by atoms with Gasteiger partial charge in [-0.1, -0.05) is 19.1 Å². The molecule has 2 rings (SSSR count). The molecular formula is C16H21NO4. The SMILES string of the molecule is COc1cccc(C(C)CC(=O)N(CC(=O)O)C2CC2)c1. The number of carbonyl (C=O) groups is 2. The number of aliphatic carboxylic acids is 1. The van der Waals surface area contributed by atoms with E-state index < -0.39 is 5.97 Å². The molecule has 0 aliphatic heterocycles. The number of hydrogen-bond donors (Lipinski definition) is 1. The van der Waals surface area contributed by atoms with Crippen molar-refractivity contribution in [3.05, 3.63) is 29.8 Å². The fraction of sp³-hybridized carbons (Fsp3) is 0.500.